The Labute approximate surface area is 125 Å². The average Bonchev–Trinajstić information content (AvgIpc) is 2.98. The number of hydrogen-bond acceptors (Lipinski definition) is 2. The van der Waals surface area contributed by atoms with Crippen LogP contribution >= 0.6 is 0 Å². The molecular formula is C16H24FN3O. The van der Waals surface area contributed by atoms with Gasteiger partial charge in [0.05, 0.1) is 5.69 Å². The number of anilines is 2. The van der Waals surface area contributed by atoms with E-state index in [0.29, 0.717) is 17.9 Å². The molecule has 21 heavy (non-hydrogen) atoms. The molecular weight excluding hydrogens is 269 g/mol. The van der Waals surface area contributed by atoms with E-state index in [-0.39, 0.29) is 11.8 Å². The standard InChI is InChI=1S/C16H24FN3O/c1-2-3-4-9-18-16(21)19-13-7-8-15(14(17)12-13)20-10-5-6-11-20/h7-8,12H,2-6,9-11H2,1H3,(H2,18,19,21). The van der Waals surface area contributed by atoms with Crippen molar-refractivity contribution in [3.8, 4) is 0 Å². The van der Waals surface area contributed by atoms with E-state index < -0.39 is 0 Å². The second kappa shape index (κ2) is 7.86. The van der Waals surface area contributed by atoms with Crippen molar-refractivity contribution in [2.75, 3.05) is 29.9 Å². The monoisotopic (exact) mass is 293 g/mol. The molecule has 1 aliphatic heterocycles. The predicted molar refractivity (Wildman–Crippen MR) is 84.4 cm³/mol. The third kappa shape index (κ3) is 4.62. The molecule has 1 aromatic rings. The summed E-state index contributed by atoms with van der Waals surface area (Å²) in [5.74, 6) is -0.277. The van der Waals surface area contributed by atoms with E-state index in [2.05, 4.69) is 17.6 Å². The van der Waals surface area contributed by atoms with Crippen LogP contribution in [0.1, 0.15) is 39.0 Å². The summed E-state index contributed by atoms with van der Waals surface area (Å²) in [5, 5.41) is 5.44. The zero-order valence-corrected chi connectivity index (χ0v) is 12.6. The van der Waals surface area contributed by atoms with E-state index in [1.54, 1.807) is 12.1 Å². The fourth-order valence-corrected chi connectivity index (χ4v) is 2.55. The van der Waals surface area contributed by atoms with Crippen LogP contribution in [0.25, 0.3) is 0 Å². The van der Waals surface area contributed by atoms with Crippen LogP contribution in [0.4, 0.5) is 20.6 Å². The quantitative estimate of drug-likeness (QED) is 0.785. The fourth-order valence-electron chi connectivity index (χ4n) is 2.55. The van der Waals surface area contributed by atoms with Gasteiger partial charge in [-0.05, 0) is 37.5 Å². The number of carbonyl (C=O) groups is 1. The Kier molecular flexibility index (Phi) is 5.84. The van der Waals surface area contributed by atoms with E-state index in [1.165, 1.54) is 6.07 Å². The fraction of sp³-hybridized carbons (Fsp3) is 0.562. The Bertz CT molecular complexity index is 473. The molecule has 1 saturated heterocycles. The number of nitrogens with one attached hydrogen (secondary N) is 2. The zero-order chi connectivity index (χ0) is 15.1. The Morgan fingerprint density at radius 1 is 1.29 bits per heavy atom. The molecule has 0 aliphatic carbocycles. The number of hydrogen-bond donors (Lipinski definition) is 2. The third-order valence-electron chi connectivity index (χ3n) is 3.72. The van der Waals surface area contributed by atoms with E-state index >= 15 is 0 Å². The van der Waals surface area contributed by atoms with Crippen molar-refractivity contribution in [1.29, 1.82) is 0 Å². The Balaban J connectivity index is 1.86. The van der Waals surface area contributed by atoms with Gasteiger partial charge in [-0.15, -0.1) is 0 Å². The number of halogens is 1. The molecule has 0 saturated carbocycles. The van der Waals surface area contributed by atoms with Crippen molar-refractivity contribution < 1.29 is 9.18 Å². The molecule has 1 heterocycles. The van der Waals surface area contributed by atoms with Crippen LogP contribution in [-0.2, 0) is 0 Å². The molecule has 2 rings (SSSR count). The minimum absolute atomic E-state index is 0.277. The molecule has 2 N–H and O–H groups in total. The van der Waals surface area contributed by atoms with Gasteiger partial charge in [0.25, 0.3) is 0 Å². The first kappa shape index (κ1) is 15.6. The number of benzene rings is 1. The lowest BCUT2D eigenvalue weighted by atomic mass is 10.2. The summed E-state index contributed by atoms with van der Waals surface area (Å²) in [4.78, 5) is 13.7. The second-order valence-electron chi connectivity index (χ2n) is 5.45. The lowest BCUT2D eigenvalue weighted by Gasteiger charge is -2.18. The average molecular weight is 293 g/mol. The largest absolute Gasteiger partial charge is 0.369 e. The first-order valence-electron chi connectivity index (χ1n) is 7.80. The maximum absolute atomic E-state index is 14.1. The van der Waals surface area contributed by atoms with Crippen LogP contribution in [0.5, 0.6) is 0 Å². The third-order valence-corrected chi connectivity index (χ3v) is 3.72. The molecule has 0 spiro atoms. The van der Waals surface area contributed by atoms with Crippen LogP contribution in [0.3, 0.4) is 0 Å². The van der Waals surface area contributed by atoms with Gasteiger partial charge in [-0.25, -0.2) is 9.18 Å². The highest BCUT2D eigenvalue weighted by atomic mass is 19.1. The van der Waals surface area contributed by atoms with Gasteiger partial charge in [-0.2, -0.15) is 0 Å². The van der Waals surface area contributed by atoms with Crippen molar-refractivity contribution in [1.82, 2.24) is 5.32 Å². The summed E-state index contributed by atoms with van der Waals surface area (Å²) in [6.45, 7) is 4.57. The van der Waals surface area contributed by atoms with Gasteiger partial charge >= 0.3 is 6.03 Å². The van der Waals surface area contributed by atoms with Gasteiger partial charge in [0.1, 0.15) is 5.82 Å². The smallest absolute Gasteiger partial charge is 0.319 e. The highest BCUT2D eigenvalue weighted by Gasteiger charge is 2.16. The van der Waals surface area contributed by atoms with Crippen molar-refractivity contribution in [2.24, 2.45) is 0 Å². The lowest BCUT2D eigenvalue weighted by molar-refractivity contribution is 0.252. The SMILES string of the molecule is CCCCCNC(=O)Nc1ccc(N2CCCC2)c(F)c1. The zero-order valence-electron chi connectivity index (χ0n) is 12.6. The summed E-state index contributed by atoms with van der Waals surface area (Å²) >= 11 is 0. The van der Waals surface area contributed by atoms with Crippen LogP contribution in [0.15, 0.2) is 18.2 Å². The molecule has 0 radical (unpaired) electrons. The minimum atomic E-state index is -0.278. The van der Waals surface area contributed by atoms with E-state index in [4.69, 9.17) is 0 Å². The van der Waals surface area contributed by atoms with Gasteiger partial charge in [0, 0.05) is 25.3 Å². The number of urea groups is 1. The number of rotatable bonds is 6. The van der Waals surface area contributed by atoms with Crippen molar-refractivity contribution >= 4 is 17.4 Å². The highest BCUT2D eigenvalue weighted by molar-refractivity contribution is 5.89. The molecule has 5 heteroatoms. The maximum Gasteiger partial charge on any atom is 0.319 e. The molecule has 1 aromatic carbocycles. The Morgan fingerprint density at radius 3 is 2.71 bits per heavy atom. The molecule has 116 valence electrons. The van der Waals surface area contributed by atoms with E-state index in [1.807, 2.05) is 4.90 Å². The molecule has 4 nitrogen and oxygen atoms in total. The topological polar surface area (TPSA) is 44.4 Å². The van der Waals surface area contributed by atoms with Gasteiger partial charge in [-0.3, -0.25) is 0 Å². The molecule has 1 aliphatic rings. The van der Waals surface area contributed by atoms with Gasteiger partial charge < -0.3 is 15.5 Å². The summed E-state index contributed by atoms with van der Waals surface area (Å²) in [5.41, 5.74) is 1.12. The number of nitrogens with zero attached hydrogens (tertiary/aromatic N) is 1. The summed E-state index contributed by atoms with van der Waals surface area (Å²) in [7, 11) is 0. The predicted octanol–water partition coefficient (Wildman–Crippen LogP) is 3.74. The van der Waals surface area contributed by atoms with Gasteiger partial charge in [-0.1, -0.05) is 19.8 Å². The number of unbranched alkanes of at least 4 members (excludes halogenated alkanes) is 2. The van der Waals surface area contributed by atoms with Gasteiger partial charge in [0.15, 0.2) is 0 Å². The lowest BCUT2D eigenvalue weighted by Crippen LogP contribution is -2.29. The summed E-state index contributed by atoms with van der Waals surface area (Å²) < 4.78 is 14.1. The van der Waals surface area contributed by atoms with Gasteiger partial charge in [0.2, 0.25) is 0 Å². The van der Waals surface area contributed by atoms with Crippen molar-refractivity contribution in [3.63, 3.8) is 0 Å². The van der Waals surface area contributed by atoms with Crippen molar-refractivity contribution in [2.45, 2.75) is 39.0 Å². The van der Waals surface area contributed by atoms with Crippen molar-refractivity contribution in [3.05, 3.63) is 24.0 Å². The Morgan fingerprint density at radius 2 is 2.05 bits per heavy atom. The van der Waals surface area contributed by atoms with E-state index in [9.17, 15) is 9.18 Å². The van der Waals surface area contributed by atoms with Crippen LogP contribution < -0.4 is 15.5 Å². The number of carbonyl (C=O) groups excluding carboxylic acids is 1. The number of amides is 2. The molecule has 0 bridgehead atoms. The molecule has 0 atom stereocenters. The van der Waals surface area contributed by atoms with E-state index in [0.717, 1.165) is 45.2 Å². The van der Waals surface area contributed by atoms with Crippen LogP contribution in [0.2, 0.25) is 0 Å². The Hall–Kier alpha value is -1.78. The molecule has 0 unspecified atom stereocenters. The van der Waals surface area contributed by atoms with Crippen LogP contribution in [-0.4, -0.2) is 25.7 Å². The summed E-state index contributed by atoms with van der Waals surface area (Å²) in [6.07, 6.45) is 5.40. The summed E-state index contributed by atoms with van der Waals surface area (Å²) in [6, 6.07) is 4.61. The first-order valence-corrected chi connectivity index (χ1v) is 7.80. The molecule has 0 aromatic heterocycles. The van der Waals surface area contributed by atoms with Crippen LogP contribution in [0, 0.1) is 5.82 Å². The first-order chi connectivity index (χ1) is 10.2. The molecule has 1 fully saturated rings. The maximum atomic E-state index is 14.1. The normalized spacial score (nSPS) is 14.3. The second-order valence-corrected chi connectivity index (χ2v) is 5.45. The minimum Gasteiger partial charge on any atom is -0.369 e. The highest BCUT2D eigenvalue weighted by Crippen LogP contribution is 2.25. The molecule has 2 amide bonds.